The number of sulfone groups is 1. The van der Waals surface area contributed by atoms with Crippen molar-refractivity contribution in [2.24, 2.45) is 0 Å². The molecule has 1 fully saturated rings. The van der Waals surface area contributed by atoms with E-state index in [1.165, 1.54) is 0 Å². The largest absolute Gasteiger partial charge is 0.375 e. The quantitative estimate of drug-likeness (QED) is 0.727. The summed E-state index contributed by atoms with van der Waals surface area (Å²) in [7, 11) is -2.86. The highest BCUT2D eigenvalue weighted by molar-refractivity contribution is 9.09. The average Bonchev–Trinajstić information content (AvgIpc) is 2.20. The minimum absolute atomic E-state index is 0.0402. The van der Waals surface area contributed by atoms with Crippen molar-refractivity contribution >= 4 is 41.7 Å². The van der Waals surface area contributed by atoms with Gasteiger partial charge in [0.25, 0.3) is 0 Å². The van der Waals surface area contributed by atoms with E-state index in [9.17, 15) is 8.42 Å². The fourth-order valence-electron chi connectivity index (χ4n) is 1.12. The Hall–Kier alpha value is 0.870. The zero-order valence-corrected chi connectivity index (χ0v) is 10.4. The van der Waals surface area contributed by atoms with Crippen LogP contribution < -0.4 is 0 Å². The summed E-state index contributed by atoms with van der Waals surface area (Å²) < 4.78 is 27.5. The Morgan fingerprint density at radius 3 is 2.50 bits per heavy atom. The lowest BCUT2D eigenvalue weighted by Gasteiger charge is -2.11. The van der Waals surface area contributed by atoms with Crippen molar-refractivity contribution in [2.75, 3.05) is 23.4 Å². The maximum Gasteiger partial charge on any atom is 0.154 e. The van der Waals surface area contributed by atoms with Gasteiger partial charge in [-0.15, -0.1) is 0 Å². The summed E-state index contributed by atoms with van der Waals surface area (Å²) >= 11 is 6.51. The molecule has 0 aromatic carbocycles. The summed E-state index contributed by atoms with van der Waals surface area (Å²) in [6.45, 7) is 0.558. The first-order valence-corrected chi connectivity index (χ1v) is 7.43. The molecule has 0 unspecified atom stereocenters. The summed E-state index contributed by atoms with van der Waals surface area (Å²) in [5.74, 6) is 0.343. The number of alkyl halides is 2. The lowest BCUT2D eigenvalue weighted by Crippen LogP contribution is -2.23. The Kier molecular flexibility index (Phi) is 4.01. The first kappa shape index (κ1) is 10.9. The maximum absolute atomic E-state index is 11.1. The molecule has 1 saturated heterocycles. The molecule has 0 aromatic heterocycles. The van der Waals surface area contributed by atoms with Crippen molar-refractivity contribution in [3.63, 3.8) is 0 Å². The fraction of sp³-hybridized carbons (Fsp3) is 1.00. The second kappa shape index (κ2) is 4.39. The summed E-state index contributed by atoms with van der Waals surface area (Å²) in [5.41, 5.74) is 0. The van der Waals surface area contributed by atoms with Gasteiger partial charge < -0.3 is 4.74 Å². The van der Waals surface area contributed by atoms with E-state index in [4.69, 9.17) is 4.74 Å². The van der Waals surface area contributed by atoms with Gasteiger partial charge in [0, 0.05) is 5.33 Å². The Bertz CT molecular complexity index is 239. The Morgan fingerprint density at radius 2 is 2.08 bits per heavy atom. The molecule has 1 heterocycles. The molecule has 1 rings (SSSR count). The zero-order chi connectivity index (χ0) is 9.19. The van der Waals surface area contributed by atoms with E-state index in [-0.39, 0.29) is 22.4 Å². The number of hydrogen-bond acceptors (Lipinski definition) is 3. The first-order valence-electron chi connectivity index (χ1n) is 3.57. The molecule has 0 amide bonds. The molecule has 12 heavy (non-hydrogen) atoms. The van der Waals surface area contributed by atoms with Crippen LogP contribution in [0.1, 0.15) is 0 Å². The van der Waals surface area contributed by atoms with E-state index in [2.05, 4.69) is 31.9 Å². The van der Waals surface area contributed by atoms with E-state index in [0.29, 0.717) is 6.61 Å². The van der Waals surface area contributed by atoms with E-state index >= 15 is 0 Å². The molecule has 3 nitrogen and oxygen atoms in total. The predicted molar refractivity (Wildman–Crippen MR) is 54.9 cm³/mol. The van der Waals surface area contributed by atoms with Gasteiger partial charge in [0.15, 0.2) is 9.84 Å². The number of hydrogen-bond donors (Lipinski definition) is 0. The Balaban J connectivity index is 2.47. The van der Waals surface area contributed by atoms with E-state index in [1.54, 1.807) is 0 Å². The monoisotopic (exact) mass is 320 g/mol. The number of halogens is 2. The molecule has 0 bridgehead atoms. The van der Waals surface area contributed by atoms with Crippen LogP contribution in [0.25, 0.3) is 0 Å². The van der Waals surface area contributed by atoms with Crippen molar-refractivity contribution < 1.29 is 13.2 Å². The number of rotatable bonds is 3. The van der Waals surface area contributed by atoms with Crippen LogP contribution >= 0.6 is 31.9 Å². The summed E-state index contributed by atoms with van der Waals surface area (Å²) in [5, 5.41) is 0.739. The standard InChI is InChI=1S/C6H10Br2O3S/c7-1-2-11-6-4-12(9,10)3-5(6)8/h5-6H,1-4H2/t5-,6+/m0/s1. The molecule has 1 aliphatic heterocycles. The smallest absolute Gasteiger partial charge is 0.154 e. The third-order valence-electron chi connectivity index (χ3n) is 1.64. The molecule has 0 saturated carbocycles. The SMILES string of the molecule is O=S1(=O)C[C@H](Br)[C@H](OCCBr)C1. The molecule has 1 aliphatic rings. The normalized spacial score (nSPS) is 33.8. The maximum atomic E-state index is 11.1. The predicted octanol–water partition coefficient (Wildman–Crippen LogP) is 0.958. The summed E-state index contributed by atoms with van der Waals surface area (Å²) in [6, 6.07) is 0. The van der Waals surface area contributed by atoms with Crippen LogP contribution in [-0.4, -0.2) is 42.8 Å². The van der Waals surface area contributed by atoms with Crippen LogP contribution in [0.4, 0.5) is 0 Å². The zero-order valence-electron chi connectivity index (χ0n) is 6.37. The second-order valence-corrected chi connectivity index (χ2v) is 6.81. The summed E-state index contributed by atoms with van der Waals surface area (Å²) in [6.07, 6.45) is -0.174. The molecule has 6 heteroatoms. The molecular weight excluding hydrogens is 312 g/mol. The highest BCUT2D eigenvalue weighted by Gasteiger charge is 2.36. The third kappa shape index (κ3) is 2.97. The van der Waals surface area contributed by atoms with Crippen LogP contribution in [0.5, 0.6) is 0 Å². The van der Waals surface area contributed by atoms with Crippen LogP contribution in [-0.2, 0) is 14.6 Å². The van der Waals surface area contributed by atoms with Gasteiger partial charge in [-0.05, 0) is 0 Å². The van der Waals surface area contributed by atoms with Gasteiger partial charge in [0.2, 0.25) is 0 Å². The van der Waals surface area contributed by atoms with Crippen LogP contribution in [0.15, 0.2) is 0 Å². The van der Waals surface area contributed by atoms with E-state index < -0.39 is 9.84 Å². The third-order valence-corrected chi connectivity index (χ3v) is 5.01. The van der Waals surface area contributed by atoms with Gasteiger partial charge >= 0.3 is 0 Å². The fourth-order valence-corrected chi connectivity index (χ4v) is 4.77. The average molecular weight is 322 g/mol. The van der Waals surface area contributed by atoms with Gasteiger partial charge in [-0.2, -0.15) is 0 Å². The topological polar surface area (TPSA) is 43.4 Å². The second-order valence-electron chi connectivity index (χ2n) is 2.69. The molecule has 0 radical (unpaired) electrons. The Morgan fingerprint density at radius 1 is 1.42 bits per heavy atom. The van der Waals surface area contributed by atoms with E-state index in [1.807, 2.05) is 0 Å². The molecule has 0 spiro atoms. The minimum atomic E-state index is -2.86. The molecule has 0 N–H and O–H groups in total. The van der Waals surface area contributed by atoms with Gasteiger partial charge in [-0.1, -0.05) is 31.9 Å². The molecule has 0 aromatic rings. The van der Waals surface area contributed by atoms with Gasteiger partial charge in [0.1, 0.15) is 0 Å². The summed E-state index contributed by atoms with van der Waals surface area (Å²) in [4.78, 5) is -0.0402. The molecule has 0 aliphatic carbocycles. The highest BCUT2D eigenvalue weighted by Crippen LogP contribution is 2.22. The minimum Gasteiger partial charge on any atom is -0.375 e. The lowest BCUT2D eigenvalue weighted by atomic mass is 10.3. The van der Waals surface area contributed by atoms with Crippen LogP contribution in [0, 0.1) is 0 Å². The van der Waals surface area contributed by atoms with Gasteiger partial charge in [-0.25, -0.2) is 8.42 Å². The van der Waals surface area contributed by atoms with Gasteiger partial charge in [-0.3, -0.25) is 0 Å². The van der Waals surface area contributed by atoms with Gasteiger partial charge in [0.05, 0.1) is 29.0 Å². The molecular formula is C6H10Br2O3S. The first-order chi connectivity index (χ1) is 5.55. The van der Waals surface area contributed by atoms with E-state index in [0.717, 1.165) is 5.33 Å². The molecule has 2 atom stereocenters. The van der Waals surface area contributed by atoms with Crippen molar-refractivity contribution in [2.45, 2.75) is 10.9 Å². The van der Waals surface area contributed by atoms with Crippen molar-refractivity contribution in [1.82, 2.24) is 0 Å². The Labute approximate surface area is 89.0 Å². The highest BCUT2D eigenvalue weighted by atomic mass is 79.9. The van der Waals surface area contributed by atoms with Crippen molar-refractivity contribution in [1.29, 1.82) is 0 Å². The number of ether oxygens (including phenoxy) is 1. The van der Waals surface area contributed by atoms with Crippen LogP contribution in [0.3, 0.4) is 0 Å². The van der Waals surface area contributed by atoms with Crippen LogP contribution in [0.2, 0.25) is 0 Å². The van der Waals surface area contributed by atoms with Crippen molar-refractivity contribution in [3.05, 3.63) is 0 Å². The van der Waals surface area contributed by atoms with Crippen molar-refractivity contribution in [3.8, 4) is 0 Å². The lowest BCUT2D eigenvalue weighted by molar-refractivity contribution is 0.0889. The molecule has 72 valence electrons.